The van der Waals surface area contributed by atoms with Gasteiger partial charge in [0.05, 0.1) is 24.0 Å². The van der Waals surface area contributed by atoms with Gasteiger partial charge in [-0.3, -0.25) is 4.79 Å². The van der Waals surface area contributed by atoms with Crippen molar-refractivity contribution in [3.05, 3.63) is 54.8 Å². The smallest absolute Gasteiger partial charge is 0.151 e. The average molecular weight is 228 g/mol. The van der Waals surface area contributed by atoms with Crippen molar-refractivity contribution in [1.29, 1.82) is 0 Å². The molecule has 4 nitrogen and oxygen atoms in total. The van der Waals surface area contributed by atoms with E-state index in [4.69, 9.17) is 4.74 Å². The van der Waals surface area contributed by atoms with Gasteiger partial charge in [-0.1, -0.05) is 6.58 Å². The van der Waals surface area contributed by atoms with E-state index in [9.17, 15) is 4.79 Å². The zero-order valence-corrected chi connectivity index (χ0v) is 9.46. The third-order valence-corrected chi connectivity index (χ3v) is 2.32. The molecule has 0 atom stereocenters. The molecule has 0 amide bonds. The summed E-state index contributed by atoms with van der Waals surface area (Å²) in [5.74, 6) is 0.571. The van der Waals surface area contributed by atoms with E-state index in [1.807, 2.05) is 23.8 Å². The molecule has 1 heterocycles. The molecule has 1 aromatic carbocycles. The van der Waals surface area contributed by atoms with Crippen molar-refractivity contribution in [2.45, 2.75) is 6.92 Å². The normalized spacial score (nSPS) is 9.94. The fraction of sp³-hybridized carbons (Fsp3) is 0.0769. The van der Waals surface area contributed by atoms with Crippen LogP contribution >= 0.6 is 0 Å². The highest BCUT2D eigenvalue weighted by atomic mass is 16.5. The number of carbonyl (C=O) groups is 1. The van der Waals surface area contributed by atoms with E-state index in [0.29, 0.717) is 11.3 Å². The molecule has 4 heteroatoms. The lowest BCUT2D eigenvalue weighted by atomic mass is 10.2. The maximum atomic E-state index is 10.7. The van der Waals surface area contributed by atoms with Gasteiger partial charge in [-0.05, 0) is 25.1 Å². The lowest BCUT2D eigenvalue weighted by Gasteiger charge is -2.09. The van der Waals surface area contributed by atoms with E-state index >= 15 is 0 Å². The number of aryl methyl sites for hydroxylation is 1. The molecular weight excluding hydrogens is 216 g/mol. The maximum Gasteiger partial charge on any atom is 0.151 e. The largest absolute Gasteiger partial charge is 0.463 e. The van der Waals surface area contributed by atoms with Crippen molar-refractivity contribution >= 4 is 6.29 Å². The predicted octanol–water partition coefficient (Wildman–Crippen LogP) is 2.52. The zero-order chi connectivity index (χ0) is 12.3. The van der Waals surface area contributed by atoms with Crippen molar-refractivity contribution in [2.75, 3.05) is 0 Å². The summed E-state index contributed by atoms with van der Waals surface area (Å²) in [5, 5.41) is 0. The first-order valence-electron chi connectivity index (χ1n) is 5.12. The van der Waals surface area contributed by atoms with Crippen LogP contribution in [0.2, 0.25) is 0 Å². The Bertz CT molecular complexity index is 558. The van der Waals surface area contributed by atoms with E-state index in [2.05, 4.69) is 11.6 Å². The third-order valence-electron chi connectivity index (χ3n) is 2.32. The van der Waals surface area contributed by atoms with Gasteiger partial charge in [-0.25, -0.2) is 4.98 Å². The van der Waals surface area contributed by atoms with Gasteiger partial charge in [-0.15, -0.1) is 0 Å². The number of nitrogens with zero attached hydrogens (tertiary/aromatic N) is 2. The van der Waals surface area contributed by atoms with Crippen molar-refractivity contribution in [3.8, 4) is 11.4 Å². The Morgan fingerprint density at radius 1 is 1.47 bits per heavy atom. The second-order valence-electron chi connectivity index (χ2n) is 3.55. The highest BCUT2D eigenvalue weighted by Gasteiger charge is 2.07. The van der Waals surface area contributed by atoms with Crippen LogP contribution in [-0.4, -0.2) is 15.8 Å². The number of rotatable bonds is 4. The predicted molar refractivity (Wildman–Crippen MR) is 64.5 cm³/mol. The van der Waals surface area contributed by atoms with Crippen molar-refractivity contribution in [3.63, 3.8) is 0 Å². The summed E-state index contributed by atoms with van der Waals surface area (Å²) in [4.78, 5) is 14.9. The van der Waals surface area contributed by atoms with Gasteiger partial charge < -0.3 is 9.30 Å². The summed E-state index contributed by atoms with van der Waals surface area (Å²) in [6, 6.07) is 5.21. The number of hydrogen-bond acceptors (Lipinski definition) is 3. The minimum Gasteiger partial charge on any atom is -0.463 e. The molecule has 17 heavy (non-hydrogen) atoms. The standard InChI is InChI=1S/C13H12N2O2/c1-3-17-13-6-11(8-16)4-5-12(13)15-7-10(2)14-9-15/h3-9H,1H2,2H3. The number of carbonyl (C=O) groups excluding carboxylic acids is 1. The minimum absolute atomic E-state index is 0.558. The van der Waals surface area contributed by atoms with E-state index in [0.717, 1.165) is 17.7 Å². The lowest BCUT2D eigenvalue weighted by molar-refractivity contribution is 0.112. The van der Waals surface area contributed by atoms with Gasteiger partial charge in [0, 0.05) is 11.8 Å². The first-order valence-corrected chi connectivity index (χ1v) is 5.12. The number of aromatic nitrogens is 2. The summed E-state index contributed by atoms with van der Waals surface area (Å²) in [7, 11) is 0. The highest BCUT2D eigenvalue weighted by molar-refractivity contribution is 5.76. The Kier molecular flexibility index (Phi) is 3.05. The van der Waals surface area contributed by atoms with Crippen LogP contribution < -0.4 is 4.74 Å². The number of aldehydes is 1. The van der Waals surface area contributed by atoms with Gasteiger partial charge in [-0.2, -0.15) is 0 Å². The molecule has 0 bridgehead atoms. The van der Waals surface area contributed by atoms with Crippen molar-refractivity contribution < 1.29 is 9.53 Å². The molecule has 0 N–H and O–H groups in total. The molecule has 0 unspecified atom stereocenters. The van der Waals surface area contributed by atoms with Gasteiger partial charge in [0.25, 0.3) is 0 Å². The van der Waals surface area contributed by atoms with Crippen LogP contribution in [0.15, 0.2) is 43.6 Å². The molecule has 0 saturated heterocycles. The third kappa shape index (κ3) is 2.25. The first kappa shape index (κ1) is 11.1. The maximum absolute atomic E-state index is 10.7. The molecule has 2 rings (SSSR count). The molecule has 1 aromatic heterocycles. The lowest BCUT2D eigenvalue weighted by Crippen LogP contribution is -1.96. The Balaban J connectivity index is 2.52. The molecule has 0 aliphatic carbocycles. The Labute approximate surface area is 99.2 Å². The zero-order valence-electron chi connectivity index (χ0n) is 9.46. The second kappa shape index (κ2) is 4.65. The SMILES string of the molecule is C=COc1cc(C=O)ccc1-n1cnc(C)c1. The van der Waals surface area contributed by atoms with Crippen molar-refractivity contribution in [1.82, 2.24) is 9.55 Å². The molecule has 0 spiro atoms. The van der Waals surface area contributed by atoms with Crippen LogP contribution in [0.4, 0.5) is 0 Å². The summed E-state index contributed by atoms with van der Waals surface area (Å²) >= 11 is 0. The summed E-state index contributed by atoms with van der Waals surface area (Å²) < 4.78 is 7.14. The van der Waals surface area contributed by atoms with Crippen molar-refractivity contribution in [2.24, 2.45) is 0 Å². The van der Waals surface area contributed by atoms with Gasteiger partial charge in [0.15, 0.2) is 5.75 Å². The number of hydrogen-bond donors (Lipinski definition) is 0. The van der Waals surface area contributed by atoms with Crippen LogP contribution in [0.5, 0.6) is 5.75 Å². The van der Waals surface area contributed by atoms with Crippen LogP contribution in [0.25, 0.3) is 5.69 Å². The molecule has 0 saturated carbocycles. The first-order chi connectivity index (χ1) is 8.24. The molecule has 0 aliphatic heterocycles. The fourth-order valence-corrected chi connectivity index (χ4v) is 1.55. The monoisotopic (exact) mass is 228 g/mol. The van der Waals surface area contributed by atoms with E-state index < -0.39 is 0 Å². The molecule has 0 radical (unpaired) electrons. The topological polar surface area (TPSA) is 44.1 Å². The Morgan fingerprint density at radius 2 is 2.29 bits per heavy atom. The number of benzene rings is 1. The fourth-order valence-electron chi connectivity index (χ4n) is 1.55. The number of imidazole rings is 1. The van der Waals surface area contributed by atoms with Crippen LogP contribution in [-0.2, 0) is 0 Å². The quantitative estimate of drug-likeness (QED) is 0.596. The van der Waals surface area contributed by atoms with E-state index in [-0.39, 0.29) is 0 Å². The van der Waals surface area contributed by atoms with E-state index in [1.165, 1.54) is 6.26 Å². The van der Waals surface area contributed by atoms with Crippen LogP contribution in [0.3, 0.4) is 0 Å². The molecular formula is C13H12N2O2. The number of ether oxygens (including phenoxy) is 1. The summed E-state index contributed by atoms with van der Waals surface area (Å²) in [6.45, 7) is 5.42. The highest BCUT2D eigenvalue weighted by Crippen LogP contribution is 2.24. The van der Waals surface area contributed by atoms with Gasteiger partial charge in [0.1, 0.15) is 6.29 Å². The minimum atomic E-state index is 0.558. The molecule has 2 aromatic rings. The molecule has 0 aliphatic rings. The average Bonchev–Trinajstić information content (AvgIpc) is 2.76. The summed E-state index contributed by atoms with van der Waals surface area (Å²) in [5.41, 5.74) is 2.28. The van der Waals surface area contributed by atoms with E-state index in [1.54, 1.807) is 18.5 Å². The molecule has 0 fully saturated rings. The Morgan fingerprint density at radius 3 is 2.88 bits per heavy atom. The second-order valence-corrected chi connectivity index (χ2v) is 3.55. The van der Waals surface area contributed by atoms with Gasteiger partial charge in [0.2, 0.25) is 0 Å². The van der Waals surface area contributed by atoms with Crippen LogP contribution in [0, 0.1) is 6.92 Å². The van der Waals surface area contributed by atoms with Gasteiger partial charge >= 0.3 is 0 Å². The Hall–Kier alpha value is -2.36. The van der Waals surface area contributed by atoms with Crippen LogP contribution in [0.1, 0.15) is 16.1 Å². The molecule has 86 valence electrons. The summed E-state index contributed by atoms with van der Waals surface area (Å²) in [6.07, 6.45) is 5.68.